The second-order valence-corrected chi connectivity index (χ2v) is 6.90. The van der Waals surface area contributed by atoms with E-state index in [0.717, 1.165) is 0 Å². The molecule has 0 amide bonds. The molecule has 0 bridgehead atoms. The fourth-order valence-corrected chi connectivity index (χ4v) is 3.80. The van der Waals surface area contributed by atoms with Gasteiger partial charge in [0.05, 0.1) is 17.3 Å². The molecule has 0 aromatic rings. The number of sulfone groups is 1. The minimum absolute atomic E-state index is 0.0698. The van der Waals surface area contributed by atoms with E-state index in [1.54, 1.807) is 6.92 Å². The van der Waals surface area contributed by atoms with Gasteiger partial charge < -0.3 is 9.84 Å². The molecule has 0 aliphatic heterocycles. The molecule has 16 heavy (non-hydrogen) atoms. The number of carboxylic acid groups (broad SMARTS) is 1. The first-order valence-corrected chi connectivity index (χ1v) is 7.03. The summed E-state index contributed by atoms with van der Waals surface area (Å²) in [5.41, 5.74) is -1.01. The number of carbonyl (C=O) groups is 1. The molecule has 1 fully saturated rings. The molecule has 1 N–H and O–H groups in total. The highest BCUT2D eigenvalue weighted by Crippen LogP contribution is 2.41. The third-order valence-corrected chi connectivity index (χ3v) is 5.57. The molecule has 0 saturated heterocycles. The number of carboxylic acids is 1. The summed E-state index contributed by atoms with van der Waals surface area (Å²) in [5.74, 6) is -0.886. The van der Waals surface area contributed by atoms with Crippen molar-refractivity contribution in [2.24, 2.45) is 5.41 Å². The van der Waals surface area contributed by atoms with E-state index in [0.29, 0.717) is 12.8 Å². The van der Waals surface area contributed by atoms with E-state index in [4.69, 9.17) is 4.74 Å². The standard InChI is InChI=1S/C10H18O5S/c1-3-16(13,14)8-4-5-10(6-8,7-15-2)9(11)12/h8H,3-7H2,1-2H3,(H,11,12). The van der Waals surface area contributed by atoms with Crippen molar-refractivity contribution in [3.05, 3.63) is 0 Å². The van der Waals surface area contributed by atoms with Gasteiger partial charge in [-0.3, -0.25) is 4.79 Å². The molecule has 1 rings (SSSR count). The first kappa shape index (κ1) is 13.4. The van der Waals surface area contributed by atoms with Crippen molar-refractivity contribution in [2.45, 2.75) is 31.4 Å². The number of hydrogen-bond acceptors (Lipinski definition) is 4. The van der Waals surface area contributed by atoms with Crippen LogP contribution in [0.1, 0.15) is 26.2 Å². The van der Waals surface area contributed by atoms with E-state index in [1.165, 1.54) is 7.11 Å². The zero-order chi connectivity index (χ0) is 12.4. The van der Waals surface area contributed by atoms with Crippen molar-refractivity contribution in [1.29, 1.82) is 0 Å². The summed E-state index contributed by atoms with van der Waals surface area (Å²) < 4.78 is 28.3. The number of rotatable bonds is 5. The lowest BCUT2D eigenvalue weighted by atomic mass is 9.87. The Morgan fingerprint density at radius 3 is 2.62 bits per heavy atom. The van der Waals surface area contributed by atoms with Gasteiger partial charge in [-0.1, -0.05) is 6.92 Å². The van der Waals surface area contributed by atoms with E-state index in [1.807, 2.05) is 0 Å². The SMILES string of the molecule is CCS(=O)(=O)C1CCC(COC)(C(=O)O)C1. The van der Waals surface area contributed by atoms with Crippen LogP contribution in [-0.4, -0.2) is 44.2 Å². The van der Waals surface area contributed by atoms with Crippen LogP contribution in [0.15, 0.2) is 0 Å². The zero-order valence-corrected chi connectivity index (χ0v) is 10.4. The van der Waals surface area contributed by atoms with Gasteiger partial charge in [-0.05, 0) is 19.3 Å². The number of ether oxygens (including phenoxy) is 1. The van der Waals surface area contributed by atoms with Crippen molar-refractivity contribution < 1.29 is 23.1 Å². The van der Waals surface area contributed by atoms with Gasteiger partial charge in [-0.2, -0.15) is 0 Å². The minimum atomic E-state index is -3.14. The Balaban J connectivity index is 2.87. The molecule has 2 unspecified atom stereocenters. The van der Waals surface area contributed by atoms with Crippen molar-refractivity contribution in [3.63, 3.8) is 0 Å². The molecule has 1 saturated carbocycles. The highest BCUT2D eigenvalue weighted by atomic mass is 32.2. The maximum atomic E-state index is 11.7. The maximum Gasteiger partial charge on any atom is 0.312 e. The highest BCUT2D eigenvalue weighted by molar-refractivity contribution is 7.92. The third kappa shape index (κ3) is 2.38. The second kappa shape index (κ2) is 4.71. The van der Waals surface area contributed by atoms with Crippen molar-refractivity contribution in [1.82, 2.24) is 0 Å². The fourth-order valence-electron chi connectivity index (χ4n) is 2.28. The smallest absolute Gasteiger partial charge is 0.312 e. The molecule has 0 radical (unpaired) electrons. The van der Waals surface area contributed by atoms with Crippen molar-refractivity contribution in [2.75, 3.05) is 19.5 Å². The van der Waals surface area contributed by atoms with Gasteiger partial charge in [0.2, 0.25) is 0 Å². The molecule has 1 aliphatic rings. The van der Waals surface area contributed by atoms with Gasteiger partial charge in [-0.15, -0.1) is 0 Å². The van der Waals surface area contributed by atoms with Gasteiger partial charge >= 0.3 is 5.97 Å². The minimum Gasteiger partial charge on any atom is -0.481 e. The van der Waals surface area contributed by atoms with Crippen LogP contribution in [0.5, 0.6) is 0 Å². The number of hydrogen-bond donors (Lipinski definition) is 1. The average Bonchev–Trinajstić information content (AvgIpc) is 2.65. The molecule has 2 atom stereocenters. The van der Waals surface area contributed by atoms with Crippen LogP contribution in [0.2, 0.25) is 0 Å². The van der Waals surface area contributed by atoms with Crippen LogP contribution in [0.25, 0.3) is 0 Å². The van der Waals surface area contributed by atoms with Crippen molar-refractivity contribution >= 4 is 15.8 Å². The van der Waals surface area contributed by atoms with Crippen LogP contribution in [-0.2, 0) is 19.4 Å². The molecule has 0 aromatic heterocycles. The summed E-state index contributed by atoms with van der Waals surface area (Å²) in [7, 11) is -1.70. The van der Waals surface area contributed by atoms with Crippen LogP contribution in [0.4, 0.5) is 0 Å². The quantitative estimate of drug-likeness (QED) is 0.776. The Bertz CT molecular complexity index is 361. The van der Waals surface area contributed by atoms with Gasteiger partial charge in [0.25, 0.3) is 0 Å². The van der Waals surface area contributed by atoms with Crippen LogP contribution in [0, 0.1) is 5.41 Å². The van der Waals surface area contributed by atoms with E-state index in [2.05, 4.69) is 0 Å². The molecular weight excluding hydrogens is 232 g/mol. The normalized spacial score (nSPS) is 30.5. The molecule has 0 spiro atoms. The fraction of sp³-hybridized carbons (Fsp3) is 0.900. The molecular formula is C10H18O5S. The Hall–Kier alpha value is -0.620. The summed E-state index contributed by atoms with van der Waals surface area (Å²) >= 11 is 0. The van der Waals surface area contributed by atoms with Gasteiger partial charge in [0, 0.05) is 12.9 Å². The predicted octanol–water partition coefficient (Wildman–Crippen LogP) is 0.691. The Morgan fingerprint density at radius 2 is 2.19 bits per heavy atom. The molecule has 5 nitrogen and oxygen atoms in total. The van der Waals surface area contributed by atoms with Crippen LogP contribution in [0.3, 0.4) is 0 Å². The second-order valence-electron chi connectivity index (χ2n) is 4.33. The van der Waals surface area contributed by atoms with E-state index >= 15 is 0 Å². The number of aliphatic carboxylic acids is 1. The molecule has 0 heterocycles. The largest absolute Gasteiger partial charge is 0.481 e. The highest BCUT2D eigenvalue weighted by Gasteiger charge is 2.48. The summed E-state index contributed by atoms with van der Waals surface area (Å²) in [6, 6.07) is 0. The lowest BCUT2D eigenvalue weighted by Gasteiger charge is -2.23. The van der Waals surface area contributed by atoms with Crippen molar-refractivity contribution in [3.8, 4) is 0 Å². The van der Waals surface area contributed by atoms with Gasteiger partial charge in [-0.25, -0.2) is 8.42 Å². The summed E-state index contributed by atoms with van der Waals surface area (Å²) in [4.78, 5) is 11.2. The first-order valence-electron chi connectivity index (χ1n) is 5.32. The first-order chi connectivity index (χ1) is 7.38. The van der Waals surface area contributed by atoms with E-state index in [9.17, 15) is 18.3 Å². The monoisotopic (exact) mass is 250 g/mol. The average molecular weight is 250 g/mol. The van der Waals surface area contributed by atoms with Crippen LogP contribution >= 0.6 is 0 Å². The van der Waals surface area contributed by atoms with E-state index < -0.39 is 26.5 Å². The zero-order valence-electron chi connectivity index (χ0n) is 9.60. The molecule has 94 valence electrons. The topological polar surface area (TPSA) is 80.7 Å². The maximum absolute atomic E-state index is 11.7. The Labute approximate surface area is 95.7 Å². The summed E-state index contributed by atoms with van der Waals surface area (Å²) in [5, 5.41) is 8.65. The third-order valence-electron chi connectivity index (χ3n) is 3.35. The van der Waals surface area contributed by atoms with Gasteiger partial charge in [0.1, 0.15) is 0 Å². The molecule has 6 heteroatoms. The van der Waals surface area contributed by atoms with Gasteiger partial charge in [0.15, 0.2) is 9.84 Å². The summed E-state index contributed by atoms with van der Waals surface area (Å²) in [6.07, 6.45) is 0.970. The molecule has 1 aliphatic carbocycles. The van der Waals surface area contributed by atoms with E-state index in [-0.39, 0.29) is 18.8 Å². The lowest BCUT2D eigenvalue weighted by molar-refractivity contribution is -0.151. The Morgan fingerprint density at radius 1 is 1.56 bits per heavy atom. The van der Waals surface area contributed by atoms with Crippen LogP contribution < -0.4 is 0 Å². The summed E-state index contributed by atoms with van der Waals surface area (Å²) in [6.45, 7) is 1.67. The Kier molecular flexibility index (Phi) is 3.96. The number of methoxy groups -OCH3 is 1. The predicted molar refractivity (Wildman–Crippen MR) is 59.0 cm³/mol. The molecule has 0 aromatic carbocycles. The lowest BCUT2D eigenvalue weighted by Crippen LogP contribution is -2.34.